The van der Waals surface area contributed by atoms with Crippen molar-refractivity contribution in [2.75, 3.05) is 13.2 Å². The lowest BCUT2D eigenvalue weighted by molar-refractivity contribution is -0.139. The topological polar surface area (TPSA) is 52.6 Å². The zero-order valence-corrected chi connectivity index (χ0v) is 15.9. The standard InChI is InChI=1S/C20H30O4/c1-19(2,3)9-7-13-11-23-17(21)15(13)16-14(12-24-18(16)22)8-10-20(4,5)6/h7-12H2,1-6H3. The summed E-state index contributed by atoms with van der Waals surface area (Å²) in [6.45, 7) is 13.6. The first-order valence-corrected chi connectivity index (χ1v) is 8.77. The second-order valence-corrected chi connectivity index (χ2v) is 9.23. The smallest absolute Gasteiger partial charge is 0.339 e. The number of cyclic esters (lactones) is 2. The minimum atomic E-state index is -0.374. The fourth-order valence-corrected chi connectivity index (χ4v) is 2.89. The molecule has 0 aromatic carbocycles. The Bertz CT molecular complexity index is 540. The Labute approximate surface area is 145 Å². The predicted molar refractivity (Wildman–Crippen MR) is 93.3 cm³/mol. The summed E-state index contributed by atoms with van der Waals surface area (Å²) < 4.78 is 10.5. The van der Waals surface area contributed by atoms with Crippen molar-refractivity contribution in [2.45, 2.75) is 67.2 Å². The maximum Gasteiger partial charge on any atom is 0.339 e. The Morgan fingerprint density at radius 3 is 1.33 bits per heavy atom. The fraction of sp³-hybridized carbons (Fsp3) is 0.700. The molecule has 0 saturated heterocycles. The van der Waals surface area contributed by atoms with Gasteiger partial charge in [0.15, 0.2) is 0 Å². The van der Waals surface area contributed by atoms with Crippen molar-refractivity contribution in [3.63, 3.8) is 0 Å². The number of carbonyl (C=O) groups is 2. The Kier molecular flexibility index (Phi) is 5.26. The molecule has 0 radical (unpaired) electrons. The van der Waals surface area contributed by atoms with Crippen molar-refractivity contribution in [3.05, 3.63) is 22.3 Å². The van der Waals surface area contributed by atoms with Crippen LogP contribution in [-0.2, 0) is 19.1 Å². The van der Waals surface area contributed by atoms with Crippen LogP contribution in [0.4, 0.5) is 0 Å². The minimum absolute atomic E-state index is 0.170. The number of hydrogen-bond acceptors (Lipinski definition) is 4. The van der Waals surface area contributed by atoms with Gasteiger partial charge in [0.1, 0.15) is 13.2 Å². The van der Waals surface area contributed by atoms with Gasteiger partial charge in [0.05, 0.1) is 11.1 Å². The molecule has 0 atom stereocenters. The van der Waals surface area contributed by atoms with E-state index in [4.69, 9.17) is 9.47 Å². The Morgan fingerprint density at radius 1 is 0.708 bits per heavy atom. The summed E-state index contributed by atoms with van der Waals surface area (Å²) in [7, 11) is 0. The Morgan fingerprint density at radius 2 is 1.04 bits per heavy atom. The first-order valence-electron chi connectivity index (χ1n) is 8.77. The molecule has 2 rings (SSSR count). The first kappa shape index (κ1) is 18.8. The Balaban J connectivity index is 2.31. The molecule has 0 bridgehead atoms. The Hall–Kier alpha value is -1.58. The van der Waals surface area contributed by atoms with Crippen LogP contribution in [0.3, 0.4) is 0 Å². The van der Waals surface area contributed by atoms with Crippen LogP contribution in [0.2, 0.25) is 0 Å². The van der Waals surface area contributed by atoms with Gasteiger partial charge >= 0.3 is 11.9 Å². The average molecular weight is 334 g/mol. The van der Waals surface area contributed by atoms with E-state index in [0.717, 1.165) is 36.8 Å². The van der Waals surface area contributed by atoms with Crippen molar-refractivity contribution in [1.82, 2.24) is 0 Å². The van der Waals surface area contributed by atoms with E-state index in [0.29, 0.717) is 24.4 Å². The number of esters is 2. The van der Waals surface area contributed by atoms with Gasteiger partial charge in [-0.3, -0.25) is 0 Å². The van der Waals surface area contributed by atoms with Gasteiger partial charge in [-0.15, -0.1) is 0 Å². The quantitative estimate of drug-likeness (QED) is 0.702. The summed E-state index contributed by atoms with van der Waals surface area (Å²) in [6, 6.07) is 0. The third kappa shape index (κ3) is 4.71. The molecule has 4 nitrogen and oxygen atoms in total. The molecule has 0 fully saturated rings. The monoisotopic (exact) mass is 334 g/mol. The summed E-state index contributed by atoms with van der Waals surface area (Å²) in [5.41, 5.74) is 3.18. The van der Waals surface area contributed by atoms with E-state index >= 15 is 0 Å². The van der Waals surface area contributed by atoms with Gasteiger partial charge in [-0.1, -0.05) is 41.5 Å². The molecule has 134 valence electrons. The molecule has 0 aromatic heterocycles. The van der Waals surface area contributed by atoms with E-state index in [1.807, 2.05) is 0 Å². The highest BCUT2D eigenvalue weighted by Gasteiger charge is 2.37. The number of rotatable bonds is 5. The highest BCUT2D eigenvalue weighted by molar-refractivity contribution is 6.10. The fourth-order valence-electron chi connectivity index (χ4n) is 2.89. The SMILES string of the molecule is CC(C)(C)CCC1=C(C2=C(CCC(C)(C)C)COC2=O)C(=O)OC1. The molecule has 4 heteroatoms. The highest BCUT2D eigenvalue weighted by Crippen LogP contribution is 2.36. The molecule has 0 aliphatic carbocycles. The van der Waals surface area contributed by atoms with E-state index < -0.39 is 0 Å². The molecule has 24 heavy (non-hydrogen) atoms. The molecular weight excluding hydrogens is 304 g/mol. The molecular formula is C20H30O4. The van der Waals surface area contributed by atoms with Gasteiger partial charge in [0, 0.05) is 0 Å². The van der Waals surface area contributed by atoms with Crippen molar-refractivity contribution < 1.29 is 19.1 Å². The lowest BCUT2D eigenvalue weighted by atomic mass is 9.85. The predicted octanol–water partition coefficient (Wildman–Crippen LogP) is 4.35. The third-order valence-electron chi connectivity index (χ3n) is 4.47. The van der Waals surface area contributed by atoms with Crippen LogP contribution in [0, 0.1) is 10.8 Å². The van der Waals surface area contributed by atoms with Crippen LogP contribution in [-0.4, -0.2) is 25.2 Å². The molecule has 0 amide bonds. The van der Waals surface area contributed by atoms with Crippen molar-refractivity contribution in [3.8, 4) is 0 Å². The first-order chi connectivity index (χ1) is 11.0. The van der Waals surface area contributed by atoms with E-state index in [1.54, 1.807) is 0 Å². The summed E-state index contributed by atoms with van der Waals surface area (Å²) >= 11 is 0. The summed E-state index contributed by atoms with van der Waals surface area (Å²) in [4.78, 5) is 24.5. The van der Waals surface area contributed by atoms with Crippen LogP contribution in [0.25, 0.3) is 0 Å². The maximum absolute atomic E-state index is 12.3. The third-order valence-corrected chi connectivity index (χ3v) is 4.47. The summed E-state index contributed by atoms with van der Waals surface area (Å²) in [5.74, 6) is -0.748. The van der Waals surface area contributed by atoms with Crippen molar-refractivity contribution in [2.24, 2.45) is 10.8 Å². The number of ether oxygens (including phenoxy) is 2. The molecule has 0 N–H and O–H groups in total. The van der Waals surface area contributed by atoms with Gasteiger partial charge in [0.2, 0.25) is 0 Å². The zero-order chi connectivity index (χ0) is 18.1. The molecule has 0 spiro atoms. The van der Waals surface area contributed by atoms with Crippen molar-refractivity contribution in [1.29, 1.82) is 0 Å². The average Bonchev–Trinajstić information content (AvgIpc) is 2.95. The maximum atomic E-state index is 12.3. The van der Waals surface area contributed by atoms with E-state index in [9.17, 15) is 9.59 Å². The van der Waals surface area contributed by atoms with Crippen LogP contribution in [0.15, 0.2) is 22.3 Å². The van der Waals surface area contributed by atoms with Gasteiger partial charge < -0.3 is 9.47 Å². The summed E-state index contributed by atoms with van der Waals surface area (Å²) in [6.07, 6.45) is 3.44. The normalized spacial score (nSPS) is 19.2. The second kappa shape index (κ2) is 6.73. The van der Waals surface area contributed by atoms with Gasteiger partial charge in [0.25, 0.3) is 0 Å². The van der Waals surface area contributed by atoms with Crippen molar-refractivity contribution >= 4 is 11.9 Å². The van der Waals surface area contributed by atoms with E-state index in [2.05, 4.69) is 41.5 Å². The lowest BCUT2D eigenvalue weighted by Gasteiger charge is -2.19. The van der Waals surface area contributed by atoms with Gasteiger partial charge in [-0.2, -0.15) is 0 Å². The second-order valence-electron chi connectivity index (χ2n) is 9.23. The lowest BCUT2D eigenvalue weighted by Crippen LogP contribution is -2.11. The largest absolute Gasteiger partial charge is 0.458 e. The highest BCUT2D eigenvalue weighted by atomic mass is 16.5. The number of carbonyl (C=O) groups excluding carboxylic acids is 2. The molecule has 0 aromatic rings. The molecule has 0 saturated carbocycles. The van der Waals surface area contributed by atoms with Crippen LogP contribution < -0.4 is 0 Å². The molecule has 2 aliphatic rings. The van der Waals surface area contributed by atoms with E-state index in [1.165, 1.54) is 0 Å². The number of hydrogen-bond donors (Lipinski definition) is 0. The minimum Gasteiger partial charge on any atom is -0.458 e. The zero-order valence-electron chi connectivity index (χ0n) is 15.9. The van der Waals surface area contributed by atoms with Crippen LogP contribution >= 0.6 is 0 Å². The molecule has 2 heterocycles. The van der Waals surface area contributed by atoms with Crippen LogP contribution in [0.5, 0.6) is 0 Å². The molecule has 2 aliphatic heterocycles. The van der Waals surface area contributed by atoms with Crippen LogP contribution in [0.1, 0.15) is 67.2 Å². The summed E-state index contributed by atoms with van der Waals surface area (Å²) in [5, 5.41) is 0. The van der Waals surface area contributed by atoms with E-state index in [-0.39, 0.29) is 22.8 Å². The van der Waals surface area contributed by atoms with Gasteiger partial charge in [-0.05, 0) is 47.7 Å². The van der Waals surface area contributed by atoms with Gasteiger partial charge in [-0.25, -0.2) is 9.59 Å². The molecule has 0 unspecified atom stereocenters.